The summed E-state index contributed by atoms with van der Waals surface area (Å²) in [4.78, 5) is 4.51. The van der Waals surface area contributed by atoms with Crippen molar-refractivity contribution in [3.63, 3.8) is 0 Å². The van der Waals surface area contributed by atoms with Gasteiger partial charge in [0.2, 0.25) is 6.79 Å². The van der Waals surface area contributed by atoms with Gasteiger partial charge in [-0.2, -0.15) is 0 Å². The Morgan fingerprint density at radius 1 is 1.12 bits per heavy atom. The van der Waals surface area contributed by atoms with Crippen LogP contribution in [0.3, 0.4) is 0 Å². The number of benzene rings is 2. The van der Waals surface area contributed by atoms with Gasteiger partial charge in [-0.3, -0.25) is 0 Å². The van der Waals surface area contributed by atoms with Crippen LogP contribution in [0.15, 0.2) is 60.9 Å². The van der Waals surface area contributed by atoms with Crippen LogP contribution < -0.4 is 14.8 Å². The maximum Gasteiger partial charge on any atom is 0.231 e. The van der Waals surface area contributed by atoms with E-state index < -0.39 is 0 Å². The molecule has 5 heteroatoms. The van der Waals surface area contributed by atoms with Gasteiger partial charge < -0.3 is 19.4 Å². The predicted octanol–water partition coefficient (Wildman–Crippen LogP) is 3.71. The maximum absolute atomic E-state index is 5.47. The Morgan fingerprint density at radius 3 is 2.85 bits per heavy atom. The number of rotatable bonds is 7. The SMILES string of the molecule is C[C@H](NCc1nccn1CCc1ccccc1)c1ccc2c(c1)OCO2. The minimum atomic E-state index is 0.198. The number of ether oxygens (including phenoxy) is 2. The molecule has 0 unspecified atom stereocenters. The fourth-order valence-corrected chi connectivity index (χ4v) is 3.15. The lowest BCUT2D eigenvalue weighted by molar-refractivity contribution is 0.174. The molecule has 1 atom stereocenters. The number of aromatic nitrogens is 2. The average Bonchev–Trinajstić information content (AvgIpc) is 3.33. The van der Waals surface area contributed by atoms with Crippen molar-refractivity contribution in [1.82, 2.24) is 14.9 Å². The standard InChI is InChI=1S/C21H23N3O2/c1-16(18-7-8-19-20(13-18)26-15-25-19)23-14-21-22-10-12-24(21)11-9-17-5-3-2-4-6-17/h2-8,10,12-13,16,23H,9,11,14-15H2,1H3/t16-/m0/s1. The van der Waals surface area contributed by atoms with Crippen LogP contribution in [0, 0.1) is 0 Å². The Balaban J connectivity index is 1.35. The molecule has 1 aromatic heterocycles. The second-order valence-electron chi connectivity index (χ2n) is 6.49. The van der Waals surface area contributed by atoms with Crippen LogP contribution >= 0.6 is 0 Å². The number of imidazole rings is 1. The fourth-order valence-electron chi connectivity index (χ4n) is 3.15. The highest BCUT2D eigenvalue weighted by Gasteiger charge is 2.16. The average molecular weight is 349 g/mol. The van der Waals surface area contributed by atoms with Crippen molar-refractivity contribution in [3.05, 3.63) is 77.9 Å². The lowest BCUT2D eigenvalue weighted by Crippen LogP contribution is -2.21. The van der Waals surface area contributed by atoms with Crippen molar-refractivity contribution in [3.8, 4) is 11.5 Å². The quantitative estimate of drug-likeness (QED) is 0.706. The number of aryl methyl sites for hydroxylation is 2. The smallest absolute Gasteiger partial charge is 0.231 e. The molecule has 26 heavy (non-hydrogen) atoms. The number of nitrogens with one attached hydrogen (secondary N) is 1. The van der Waals surface area contributed by atoms with E-state index in [1.807, 2.05) is 30.6 Å². The van der Waals surface area contributed by atoms with E-state index in [-0.39, 0.29) is 6.04 Å². The van der Waals surface area contributed by atoms with Crippen LogP contribution in [0.4, 0.5) is 0 Å². The van der Waals surface area contributed by atoms with Crippen molar-refractivity contribution in [2.75, 3.05) is 6.79 Å². The fraction of sp³-hybridized carbons (Fsp3) is 0.286. The Morgan fingerprint density at radius 2 is 1.96 bits per heavy atom. The van der Waals surface area contributed by atoms with E-state index in [0.29, 0.717) is 6.79 Å². The Hall–Kier alpha value is -2.79. The van der Waals surface area contributed by atoms with Crippen LogP contribution in [-0.2, 0) is 19.5 Å². The monoisotopic (exact) mass is 349 g/mol. The summed E-state index contributed by atoms with van der Waals surface area (Å²) >= 11 is 0. The first-order valence-corrected chi connectivity index (χ1v) is 8.96. The summed E-state index contributed by atoms with van der Waals surface area (Å²) in [5.41, 5.74) is 2.52. The van der Waals surface area contributed by atoms with Crippen LogP contribution in [-0.4, -0.2) is 16.3 Å². The molecule has 0 fully saturated rings. The number of fused-ring (bicyclic) bond motifs is 1. The maximum atomic E-state index is 5.47. The van der Waals surface area contributed by atoms with Crippen LogP contribution in [0.25, 0.3) is 0 Å². The number of hydrogen-bond acceptors (Lipinski definition) is 4. The lowest BCUT2D eigenvalue weighted by atomic mass is 10.1. The molecule has 4 rings (SSSR count). The summed E-state index contributed by atoms with van der Waals surface area (Å²) in [6.45, 7) is 4.10. The third kappa shape index (κ3) is 3.73. The molecule has 0 saturated heterocycles. The number of nitrogens with zero attached hydrogens (tertiary/aromatic N) is 2. The summed E-state index contributed by atoms with van der Waals surface area (Å²) in [5, 5.41) is 3.55. The molecule has 1 aliphatic heterocycles. The van der Waals surface area contributed by atoms with E-state index in [0.717, 1.165) is 36.8 Å². The molecule has 134 valence electrons. The first-order valence-electron chi connectivity index (χ1n) is 8.96. The molecule has 0 spiro atoms. The minimum Gasteiger partial charge on any atom is -0.454 e. The van der Waals surface area contributed by atoms with Gasteiger partial charge in [0, 0.05) is 25.0 Å². The highest BCUT2D eigenvalue weighted by molar-refractivity contribution is 5.45. The summed E-state index contributed by atoms with van der Waals surface area (Å²) in [6.07, 6.45) is 4.92. The first kappa shape index (κ1) is 16.7. The molecule has 0 bridgehead atoms. The third-order valence-corrected chi connectivity index (χ3v) is 4.75. The molecular weight excluding hydrogens is 326 g/mol. The Bertz CT molecular complexity index is 861. The zero-order chi connectivity index (χ0) is 17.8. The topological polar surface area (TPSA) is 48.3 Å². The van der Waals surface area contributed by atoms with Gasteiger partial charge in [0.05, 0.1) is 6.54 Å². The van der Waals surface area contributed by atoms with Gasteiger partial charge in [-0.1, -0.05) is 36.4 Å². The van der Waals surface area contributed by atoms with E-state index in [4.69, 9.17) is 9.47 Å². The van der Waals surface area contributed by atoms with Gasteiger partial charge in [0.1, 0.15) is 5.82 Å². The molecular formula is C21H23N3O2. The largest absolute Gasteiger partial charge is 0.454 e. The number of hydrogen-bond donors (Lipinski definition) is 1. The normalized spacial score (nSPS) is 13.7. The van der Waals surface area contributed by atoms with Gasteiger partial charge in [-0.15, -0.1) is 0 Å². The molecule has 0 aliphatic carbocycles. The molecule has 2 aromatic carbocycles. The Kier molecular flexibility index (Phi) is 4.88. The van der Waals surface area contributed by atoms with E-state index >= 15 is 0 Å². The van der Waals surface area contributed by atoms with E-state index in [2.05, 4.69) is 52.1 Å². The summed E-state index contributed by atoms with van der Waals surface area (Å²) in [6, 6.07) is 16.8. The van der Waals surface area contributed by atoms with Crippen molar-refractivity contribution < 1.29 is 9.47 Å². The lowest BCUT2D eigenvalue weighted by Gasteiger charge is -2.15. The van der Waals surface area contributed by atoms with E-state index in [9.17, 15) is 0 Å². The van der Waals surface area contributed by atoms with Gasteiger partial charge in [0.25, 0.3) is 0 Å². The highest BCUT2D eigenvalue weighted by atomic mass is 16.7. The first-order chi connectivity index (χ1) is 12.8. The van der Waals surface area contributed by atoms with E-state index in [1.165, 1.54) is 11.1 Å². The molecule has 5 nitrogen and oxygen atoms in total. The summed E-state index contributed by atoms with van der Waals surface area (Å²) in [5.74, 6) is 2.69. The van der Waals surface area contributed by atoms with Gasteiger partial charge in [0.15, 0.2) is 11.5 Å². The second-order valence-corrected chi connectivity index (χ2v) is 6.49. The molecule has 1 aliphatic rings. The predicted molar refractivity (Wildman–Crippen MR) is 100 cm³/mol. The molecule has 0 radical (unpaired) electrons. The van der Waals surface area contributed by atoms with Crippen LogP contribution in [0.5, 0.6) is 11.5 Å². The third-order valence-electron chi connectivity index (χ3n) is 4.75. The molecule has 2 heterocycles. The zero-order valence-electron chi connectivity index (χ0n) is 14.9. The summed E-state index contributed by atoms with van der Waals surface area (Å²) in [7, 11) is 0. The van der Waals surface area contributed by atoms with Crippen molar-refractivity contribution in [2.45, 2.75) is 32.5 Å². The second kappa shape index (κ2) is 7.62. The van der Waals surface area contributed by atoms with E-state index in [1.54, 1.807) is 0 Å². The highest BCUT2D eigenvalue weighted by Crippen LogP contribution is 2.34. The van der Waals surface area contributed by atoms with Gasteiger partial charge in [-0.25, -0.2) is 4.98 Å². The molecule has 3 aromatic rings. The zero-order valence-corrected chi connectivity index (χ0v) is 14.9. The summed E-state index contributed by atoms with van der Waals surface area (Å²) < 4.78 is 13.1. The van der Waals surface area contributed by atoms with Crippen molar-refractivity contribution in [1.29, 1.82) is 0 Å². The van der Waals surface area contributed by atoms with Crippen molar-refractivity contribution >= 4 is 0 Å². The Labute approximate surface area is 153 Å². The molecule has 0 saturated carbocycles. The van der Waals surface area contributed by atoms with Crippen LogP contribution in [0.1, 0.15) is 29.9 Å². The molecule has 0 amide bonds. The van der Waals surface area contributed by atoms with Crippen LogP contribution in [0.2, 0.25) is 0 Å². The minimum absolute atomic E-state index is 0.198. The van der Waals surface area contributed by atoms with Crippen molar-refractivity contribution in [2.24, 2.45) is 0 Å². The van der Waals surface area contributed by atoms with Gasteiger partial charge >= 0.3 is 0 Å². The molecule has 1 N–H and O–H groups in total. The van der Waals surface area contributed by atoms with Gasteiger partial charge in [-0.05, 0) is 36.6 Å².